The number of hydrogen-bond acceptors (Lipinski definition) is 3. The van der Waals surface area contributed by atoms with Crippen LogP contribution in [0.2, 0.25) is 5.02 Å². The van der Waals surface area contributed by atoms with Gasteiger partial charge in [-0.2, -0.15) is 5.10 Å². The third-order valence-corrected chi connectivity index (χ3v) is 3.40. The number of benzene rings is 2. The lowest BCUT2D eigenvalue weighted by Gasteiger charge is -2.02. The monoisotopic (exact) mass is 339 g/mol. The van der Waals surface area contributed by atoms with Crippen LogP contribution in [0.1, 0.15) is 5.76 Å². The SMILES string of the molecule is O=C(N/N=C\c1ccc(-c2ccc(Cl)cc2)o1)Nc1ccccc1. The number of carbonyl (C=O) groups excluding carboxylic acids is 1. The number of rotatable bonds is 4. The Kier molecular flexibility index (Phi) is 4.93. The lowest BCUT2D eigenvalue weighted by atomic mass is 10.2. The molecule has 1 aromatic heterocycles. The van der Waals surface area contributed by atoms with Crippen LogP contribution in [0.15, 0.2) is 76.2 Å². The van der Waals surface area contributed by atoms with E-state index in [1.807, 2.05) is 36.4 Å². The van der Waals surface area contributed by atoms with Gasteiger partial charge < -0.3 is 9.73 Å². The van der Waals surface area contributed by atoms with Crippen LogP contribution in [0.4, 0.5) is 10.5 Å². The van der Waals surface area contributed by atoms with Crippen molar-refractivity contribution in [2.24, 2.45) is 5.10 Å². The summed E-state index contributed by atoms with van der Waals surface area (Å²) in [5, 5.41) is 7.18. The van der Waals surface area contributed by atoms with Crippen molar-refractivity contribution in [2.75, 3.05) is 5.32 Å². The maximum Gasteiger partial charge on any atom is 0.339 e. The molecule has 0 atom stereocenters. The van der Waals surface area contributed by atoms with E-state index in [-0.39, 0.29) is 0 Å². The molecule has 2 N–H and O–H groups in total. The third kappa shape index (κ3) is 4.24. The molecule has 0 aliphatic heterocycles. The van der Waals surface area contributed by atoms with E-state index in [1.165, 1.54) is 6.21 Å². The van der Waals surface area contributed by atoms with Crippen LogP contribution >= 0.6 is 11.6 Å². The number of amides is 2. The van der Waals surface area contributed by atoms with E-state index in [4.69, 9.17) is 16.0 Å². The number of nitrogens with one attached hydrogen (secondary N) is 2. The molecule has 120 valence electrons. The van der Waals surface area contributed by atoms with Crippen LogP contribution in [0.5, 0.6) is 0 Å². The minimum absolute atomic E-state index is 0.429. The molecule has 0 unspecified atom stereocenters. The average Bonchev–Trinajstić information content (AvgIpc) is 3.05. The summed E-state index contributed by atoms with van der Waals surface area (Å²) >= 11 is 5.86. The van der Waals surface area contributed by atoms with Crippen molar-refractivity contribution in [1.82, 2.24) is 5.43 Å². The Morgan fingerprint density at radius 1 is 1.00 bits per heavy atom. The second kappa shape index (κ2) is 7.48. The van der Waals surface area contributed by atoms with Crippen LogP contribution in [0.3, 0.4) is 0 Å². The van der Waals surface area contributed by atoms with E-state index in [2.05, 4.69) is 15.8 Å². The quantitative estimate of drug-likeness (QED) is 0.531. The zero-order valence-corrected chi connectivity index (χ0v) is 13.3. The summed E-state index contributed by atoms with van der Waals surface area (Å²) in [6.45, 7) is 0. The van der Waals surface area contributed by atoms with Gasteiger partial charge in [-0.15, -0.1) is 0 Å². The van der Waals surface area contributed by atoms with Crippen molar-refractivity contribution in [3.05, 3.63) is 77.5 Å². The van der Waals surface area contributed by atoms with Gasteiger partial charge in [-0.1, -0.05) is 29.8 Å². The Labute approximate surface area is 143 Å². The molecule has 6 heteroatoms. The Balaban J connectivity index is 1.57. The number of hydrogen-bond donors (Lipinski definition) is 2. The molecule has 0 fully saturated rings. The normalized spacial score (nSPS) is 10.7. The molecule has 0 saturated carbocycles. The smallest absolute Gasteiger partial charge is 0.339 e. The minimum Gasteiger partial charge on any atom is -0.455 e. The van der Waals surface area contributed by atoms with Gasteiger partial charge in [-0.25, -0.2) is 10.2 Å². The molecule has 2 amide bonds. The van der Waals surface area contributed by atoms with Crippen molar-refractivity contribution in [3.8, 4) is 11.3 Å². The highest BCUT2D eigenvalue weighted by molar-refractivity contribution is 6.30. The van der Waals surface area contributed by atoms with Gasteiger partial charge in [0.1, 0.15) is 11.5 Å². The molecular formula is C18H14ClN3O2. The highest BCUT2D eigenvalue weighted by Gasteiger charge is 2.04. The van der Waals surface area contributed by atoms with Gasteiger partial charge in [0.15, 0.2) is 0 Å². The first-order valence-corrected chi connectivity index (χ1v) is 7.59. The first kappa shape index (κ1) is 15.8. The van der Waals surface area contributed by atoms with Crippen molar-refractivity contribution in [3.63, 3.8) is 0 Å². The number of carbonyl (C=O) groups is 1. The van der Waals surface area contributed by atoms with Crippen molar-refractivity contribution < 1.29 is 9.21 Å². The lowest BCUT2D eigenvalue weighted by Crippen LogP contribution is -2.24. The van der Waals surface area contributed by atoms with Crippen LogP contribution < -0.4 is 10.7 Å². The van der Waals surface area contributed by atoms with Gasteiger partial charge >= 0.3 is 6.03 Å². The number of para-hydroxylation sites is 1. The second-order valence-corrected chi connectivity index (χ2v) is 5.34. The molecule has 3 aromatic rings. The van der Waals surface area contributed by atoms with Crippen LogP contribution in [0, 0.1) is 0 Å². The fraction of sp³-hybridized carbons (Fsp3) is 0. The predicted octanol–water partition coefficient (Wildman–Crippen LogP) is 4.76. The molecule has 0 aliphatic rings. The van der Waals surface area contributed by atoms with Crippen molar-refractivity contribution >= 4 is 29.5 Å². The fourth-order valence-corrected chi connectivity index (χ4v) is 2.15. The maximum atomic E-state index is 11.7. The van der Waals surface area contributed by atoms with Gasteiger partial charge in [0, 0.05) is 16.3 Å². The molecule has 3 rings (SSSR count). The first-order valence-electron chi connectivity index (χ1n) is 7.21. The number of anilines is 1. The molecule has 0 spiro atoms. The van der Waals surface area contributed by atoms with Crippen LogP contribution in [-0.4, -0.2) is 12.2 Å². The van der Waals surface area contributed by atoms with Crippen LogP contribution in [-0.2, 0) is 0 Å². The number of nitrogens with zero attached hydrogens (tertiary/aromatic N) is 1. The number of hydrazone groups is 1. The molecule has 0 radical (unpaired) electrons. The third-order valence-electron chi connectivity index (χ3n) is 3.15. The molecule has 0 aliphatic carbocycles. The average molecular weight is 340 g/mol. The summed E-state index contributed by atoms with van der Waals surface area (Å²) in [5.74, 6) is 1.22. The standard InChI is InChI=1S/C18H14ClN3O2/c19-14-8-6-13(7-9-14)17-11-10-16(24-17)12-20-22-18(23)21-15-4-2-1-3-5-15/h1-12H,(H2,21,22,23)/b20-12-. The van der Waals surface area contributed by atoms with Gasteiger partial charge in [0.2, 0.25) is 0 Å². The zero-order chi connectivity index (χ0) is 16.8. The van der Waals surface area contributed by atoms with E-state index in [1.54, 1.807) is 30.3 Å². The van der Waals surface area contributed by atoms with Gasteiger partial charge in [0.25, 0.3) is 0 Å². The second-order valence-electron chi connectivity index (χ2n) is 4.90. The van der Waals surface area contributed by atoms with Gasteiger partial charge in [0.05, 0.1) is 6.21 Å². The first-order chi connectivity index (χ1) is 11.7. The molecular weight excluding hydrogens is 326 g/mol. The lowest BCUT2D eigenvalue weighted by molar-refractivity contribution is 0.252. The number of furan rings is 1. The Morgan fingerprint density at radius 3 is 2.50 bits per heavy atom. The predicted molar refractivity (Wildman–Crippen MR) is 95.3 cm³/mol. The van der Waals surface area contributed by atoms with Crippen LogP contribution in [0.25, 0.3) is 11.3 Å². The molecule has 2 aromatic carbocycles. The summed E-state index contributed by atoms with van der Waals surface area (Å²) < 4.78 is 5.65. The Morgan fingerprint density at radius 2 is 1.75 bits per heavy atom. The van der Waals surface area contributed by atoms with Crippen molar-refractivity contribution in [1.29, 1.82) is 0 Å². The fourth-order valence-electron chi connectivity index (χ4n) is 2.03. The highest BCUT2D eigenvalue weighted by atomic mass is 35.5. The number of urea groups is 1. The zero-order valence-electron chi connectivity index (χ0n) is 12.6. The largest absolute Gasteiger partial charge is 0.455 e. The van der Waals surface area contributed by atoms with Crippen molar-refractivity contribution in [2.45, 2.75) is 0 Å². The van der Waals surface area contributed by atoms with E-state index >= 15 is 0 Å². The highest BCUT2D eigenvalue weighted by Crippen LogP contribution is 2.23. The van der Waals surface area contributed by atoms with Gasteiger partial charge in [-0.3, -0.25) is 0 Å². The number of halogens is 1. The van der Waals surface area contributed by atoms with E-state index in [9.17, 15) is 4.79 Å². The van der Waals surface area contributed by atoms with E-state index in [0.717, 1.165) is 5.56 Å². The summed E-state index contributed by atoms with van der Waals surface area (Å²) in [7, 11) is 0. The molecule has 0 saturated heterocycles. The van der Waals surface area contributed by atoms with Gasteiger partial charge in [-0.05, 0) is 48.5 Å². The molecule has 0 bridgehead atoms. The van der Waals surface area contributed by atoms with E-state index < -0.39 is 6.03 Å². The Hall–Kier alpha value is -3.05. The minimum atomic E-state index is -0.429. The summed E-state index contributed by atoms with van der Waals surface area (Å²) in [6, 6.07) is 19.6. The van der Waals surface area contributed by atoms with E-state index in [0.29, 0.717) is 22.2 Å². The summed E-state index contributed by atoms with van der Waals surface area (Å²) in [4.78, 5) is 11.7. The molecule has 5 nitrogen and oxygen atoms in total. The summed E-state index contributed by atoms with van der Waals surface area (Å²) in [6.07, 6.45) is 1.43. The Bertz CT molecular complexity index is 842. The maximum absolute atomic E-state index is 11.7. The molecule has 24 heavy (non-hydrogen) atoms. The topological polar surface area (TPSA) is 66.6 Å². The summed E-state index contributed by atoms with van der Waals surface area (Å²) in [5.41, 5.74) is 3.98. The molecule has 1 heterocycles.